The van der Waals surface area contributed by atoms with Crippen LogP contribution in [0, 0.1) is 34.5 Å². The zero-order valence-corrected chi connectivity index (χ0v) is 14.3. The van der Waals surface area contributed by atoms with Crippen LogP contribution in [-0.2, 0) is 4.79 Å². The number of ketones is 1. The van der Waals surface area contributed by atoms with Crippen LogP contribution in [0.15, 0.2) is 0 Å². The van der Waals surface area contributed by atoms with E-state index in [9.17, 15) is 9.90 Å². The molecule has 7 atom stereocenters. The topological polar surface area (TPSA) is 37.3 Å². The van der Waals surface area contributed by atoms with Gasteiger partial charge in [-0.05, 0) is 86.9 Å². The number of carbonyl (C=O) groups excluding carboxylic acids is 1. The number of aliphatic hydroxyl groups excluding tert-OH is 1. The Morgan fingerprint density at radius 2 is 1.91 bits per heavy atom. The molecular formula is C20H32O2. The summed E-state index contributed by atoms with van der Waals surface area (Å²) in [5.41, 5.74) is 0.492. The summed E-state index contributed by atoms with van der Waals surface area (Å²) in [6.45, 7) is 4.67. The first kappa shape index (κ1) is 15.2. The Hall–Kier alpha value is -0.370. The molecule has 0 spiro atoms. The first-order valence-electron chi connectivity index (χ1n) is 9.72. The van der Waals surface area contributed by atoms with Gasteiger partial charge in [-0.25, -0.2) is 0 Å². The van der Waals surface area contributed by atoms with Crippen LogP contribution >= 0.6 is 0 Å². The van der Waals surface area contributed by atoms with Crippen molar-refractivity contribution in [2.45, 2.75) is 84.2 Å². The smallest absolute Gasteiger partial charge is 0.139 e. The lowest BCUT2D eigenvalue weighted by molar-refractivity contribution is -0.146. The van der Waals surface area contributed by atoms with E-state index in [1.807, 2.05) is 0 Å². The third-order valence-electron chi connectivity index (χ3n) is 8.70. The van der Waals surface area contributed by atoms with E-state index in [-0.39, 0.29) is 11.5 Å². The van der Waals surface area contributed by atoms with Crippen LogP contribution in [0.4, 0.5) is 0 Å². The molecule has 0 bridgehead atoms. The Balaban J connectivity index is 1.66. The summed E-state index contributed by atoms with van der Waals surface area (Å²) in [5, 5.41) is 10.1. The highest BCUT2D eigenvalue weighted by Gasteiger charge is 2.60. The summed E-state index contributed by atoms with van der Waals surface area (Å²) in [5.74, 6) is 3.57. The summed E-state index contributed by atoms with van der Waals surface area (Å²) in [4.78, 5) is 12.4. The largest absolute Gasteiger partial charge is 0.393 e. The Kier molecular flexibility index (Phi) is 3.49. The van der Waals surface area contributed by atoms with Gasteiger partial charge in [-0.1, -0.05) is 13.8 Å². The van der Waals surface area contributed by atoms with Gasteiger partial charge >= 0.3 is 0 Å². The van der Waals surface area contributed by atoms with Gasteiger partial charge < -0.3 is 5.11 Å². The number of fused-ring (bicyclic) bond motifs is 5. The monoisotopic (exact) mass is 304 g/mol. The van der Waals surface area contributed by atoms with Crippen molar-refractivity contribution in [1.29, 1.82) is 0 Å². The number of Topliss-reactive ketones (excluding diaryl/α,β-unsaturated/α-hetero) is 1. The second-order valence-electron chi connectivity index (χ2n) is 9.08. The molecule has 0 saturated heterocycles. The minimum absolute atomic E-state index is 0.0110. The minimum atomic E-state index is -0.0526. The second kappa shape index (κ2) is 5.06. The quantitative estimate of drug-likeness (QED) is 0.782. The van der Waals surface area contributed by atoms with Gasteiger partial charge in [0.1, 0.15) is 5.78 Å². The average Bonchev–Trinajstić information content (AvgIpc) is 2.82. The molecule has 2 heteroatoms. The molecule has 0 aromatic rings. The van der Waals surface area contributed by atoms with Gasteiger partial charge in [0, 0.05) is 11.8 Å². The van der Waals surface area contributed by atoms with Crippen molar-refractivity contribution in [2.75, 3.05) is 0 Å². The Labute approximate surface area is 135 Å². The summed E-state index contributed by atoms with van der Waals surface area (Å²) < 4.78 is 0. The van der Waals surface area contributed by atoms with Crippen LogP contribution in [0.1, 0.15) is 78.1 Å². The maximum Gasteiger partial charge on any atom is 0.139 e. The number of hydrogen-bond donors (Lipinski definition) is 1. The van der Waals surface area contributed by atoms with Crippen molar-refractivity contribution in [1.82, 2.24) is 0 Å². The SMILES string of the molecule is CC[C@]12CC[C@@H](O)C[C@@H]1CC[C@@H]1[C@@H]2CC[C@]2(C)C(=O)CC[C@@H]12. The zero-order valence-electron chi connectivity index (χ0n) is 14.3. The molecule has 22 heavy (non-hydrogen) atoms. The van der Waals surface area contributed by atoms with Gasteiger partial charge in [-0.2, -0.15) is 0 Å². The van der Waals surface area contributed by atoms with Gasteiger partial charge in [0.05, 0.1) is 6.10 Å². The van der Waals surface area contributed by atoms with Crippen molar-refractivity contribution in [3.8, 4) is 0 Å². The Morgan fingerprint density at radius 3 is 2.68 bits per heavy atom. The molecule has 4 fully saturated rings. The van der Waals surface area contributed by atoms with Crippen molar-refractivity contribution in [3.05, 3.63) is 0 Å². The van der Waals surface area contributed by atoms with Crippen LogP contribution < -0.4 is 0 Å². The first-order chi connectivity index (χ1) is 10.5. The maximum absolute atomic E-state index is 12.4. The molecule has 0 aliphatic heterocycles. The van der Waals surface area contributed by atoms with Gasteiger partial charge in [0.25, 0.3) is 0 Å². The third-order valence-corrected chi connectivity index (χ3v) is 8.70. The van der Waals surface area contributed by atoms with Crippen molar-refractivity contribution in [2.24, 2.45) is 34.5 Å². The van der Waals surface area contributed by atoms with Crippen LogP contribution in [0.5, 0.6) is 0 Å². The van der Waals surface area contributed by atoms with Crippen LogP contribution in [-0.4, -0.2) is 17.0 Å². The standard InChI is InChI=1S/C20H32O2/c1-3-20-11-8-14(21)12-13(20)4-5-15-16-6-7-18(22)19(16,2)10-9-17(15)20/h13-17,21H,3-12H2,1-2H3/t13-,14+,15-,16-,17-,19-,20-/m0/s1. The highest BCUT2D eigenvalue weighted by molar-refractivity contribution is 5.87. The van der Waals surface area contributed by atoms with E-state index < -0.39 is 0 Å². The number of hydrogen-bond acceptors (Lipinski definition) is 2. The normalized spacial score (nSPS) is 54.5. The molecule has 0 aromatic heterocycles. The highest BCUT2D eigenvalue weighted by atomic mass is 16.3. The van der Waals surface area contributed by atoms with Crippen LogP contribution in [0.3, 0.4) is 0 Å². The maximum atomic E-state index is 12.4. The molecule has 0 heterocycles. The first-order valence-corrected chi connectivity index (χ1v) is 9.72. The molecule has 0 aromatic carbocycles. The fraction of sp³-hybridized carbons (Fsp3) is 0.950. The van der Waals surface area contributed by atoms with Gasteiger partial charge in [0.15, 0.2) is 0 Å². The summed E-state index contributed by atoms with van der Waals surface area (Å²) in [7, 11) is 0. The van der Waals surface area contributed by atoms with E-state index in [2.05, 4.69) is 13.8 Å². The molecule has 1 N–H and O–H groups in total. The highest BCUT2D eigenvalue weighted by Crippen LogP contribution is 2.66. The summed E-state index contributed by atoms with van der Waals surface area (Å²) in [6.07, 6.45) is 11.5. The summed E-state index contributed by atoms with van der Waals surface area (Å²) in [6, 6.07) is 0. The van der Waals surface area contributed by atoms with E-state index >= 15 is 0 Å². The lowest BCUT2D eigenvalue weighted by atomic mass is 9.44. The average molecular weight is 304 g/mol. The fourth-order valence-corrected chi connectivity index (χ4v) is 7.51. The molecule has 4 saturated carbocycles. The number of carbonyl (C=O) groups is 1. The van der Waals surface area contributed by atoms with E-state index in [0.717, 1.165) is 49.9 Å². The summed E-state index contributed by atoms with van der Waals surface area (Å²) >= 11 is 0. The van der Waals surface area contributed by atoms with E-state index in [1.54, 1.807) is 0 Å². The lowest BCUT2D eigenvalue weighted by Crippen LogP contribution is -2.55. The predicted molar refractivity (Wildman–Crippen MR) is 87.4 cm³/mol. The van der Waals surface area contributed by atoms with Gasteiger partial charge in [-0.3, -0.25) is 4.79 Å². The van der Waals surface area contributed by atoms with Crippen LogP contribution in [0.25, 0.3) is 0 Å². The van der Waals surface area contributed by atoms with Crippen LogP contribution in [0.2, 0.25) is 0 Å². The molecule has 4 aliphatic rings. The molecule has 0 unspecified atom stereocenters. The van der Waals surface area contributed by atoms with Gasteiger partial charge in [0.2, 0.25) is 0 Å². The molecule has 2 nitrogen and oxygen atoms in total. The Bertz CT molecular complexity index is 472. The number of aliphatic hydroxyl groups is 1. The van der Waals surface area contributed by atoms with E-state index in [0.29, 0.717) is 17.1 Å². The van der Waals surface area contributed by atoms with Gasteiger partial charge in [-0.15, -0.1) is 0 Å². The third kappa shape index (κ3) is 1.85. The minimum Gasteiger partial charge on any atom is -0.393 e. The van der Waals surface area contributed by atoms with Crippen molar-refractivity contribution >= 4 is 5.78 Å². The molecule has 4 rings (SSSR count). The predicted octanol–water partition coefficient (Wildman–Crippen LogP) is 4.35. The number of rotatable bonds is 1. The van der Waals surface area contributed by atoms with E-state index in [1.165, 1.54) is 32.1 Å². The molecule has 124 valence electrons. The van der Waals surface area contributed by atoms with Crippen molar-refractivity contribution in [3.63, 3.8) is 0 Å². The molecule has 0 amide bonds. The van der Waals surface area contributed by atoms with Crippen molar-refractivity contribution < 1.29 is 9.90 Å². The molecular weight excluding hydrogens is 272 g/mol. The second-order valence-corrected chi connectivity index (χ2v) is 9.08. The lowest BCUT2D eigenvalue weighted by Gasteiger charge is -2.61. The molecule has 4 aliphatic carbocycles. The fourth-order valence-electron chi connectivity index (χ4n) is 7.51. The molecule has 0 radical (unpaired) electrons. The Morgan fingerprint density at radius 1 is 1.09 bits per heavy atom. The van der Waals surface area contributed by atoms with E-state index in [4.69, 9.17) is 0 Å². The zero-order chi connectivity index (χ0) is 15.5.